The number of halogens is 1. The SMILES string of the molecule is Cc1cc(C)c(-c2ccc(C(=O)O)o2)c(Br)c1. The normalized spacial score (nSPS) is 10.5. The molecule has 0 saturated carbocycles. The van der Waals surface area contributed by atoms with E-state index in [-0.39, 0.29) is 5.76 Å². The van der Waals surface area contributed by atoms with Crippen molar-refractivity contribution in [3.05, 3.63) is 45.6 Å². The molecule has 1 heterocycles. The fourth-order valence-electron chi connectivity index (χ4n) is 1.81. The quantitative estimate of drug-likeness (QED) is 0.910. The molecule has 0 aliphatic carbocycles. The van der Waals surface area contributed by atoms with E-state index in [4.69, 9.17) is 9.52 Å². The summed E-state index contributed by atoms with van der Waals surface area (Å²) in [6, 6.07) is 7.14. The molecule has 0 saturated heterocycles. The summed E-state index contributed by atoms with van der Waals surface area (Å²) in [5, 5.41) is 8.82. The summed E-state index contributed by atoms with van der Waals surface area (Å²) in [5.41, 5.74) is 3.08. The molecule has 2 rings (SSSR count). The first-order valence-electron chi connectivity index (χ1n) is 5.09. The van der Waals surface area contributed by atoms with Crippen LogP contribution in [-0.2, 0) is 0 Å². The minimum atomic E-state index is -1.06. The monoisotopic (exact) mass is 294 g/mol. The Hall–Kier alpha value is -1.55. The lowest BCUT2D eigenvalue weighted by molar-refractivity contribution is 0.0663. The van der Waals surface area contributed by atoms with Crippen LogP contribution in [0.2, 0.25) is 0 Å². The van der Waals surface area contributed by atoms with Crippen molar-refractivity contribution in [2.24, 2.45) is 0 Å². The largest absolute Gasteiger partial charge is 0.475 e. The van der Waals surface area contributed by atoms with Crippen molar-refractivity contribution in [3.63, 3.8) is 0 Å². The highest BCUT2D eigenvalue weighted by molar-refractivity contribution is 9.10. The molecule has 0 aliphatic rings. The average molecular weight is 295 g/mol. The van der Waals surface area contributed by atoms with Gasteiger partial charge in [0.05, 0.1) is 0 Å². The van der Waals surface area contributed by atoms with Gasteiger partial charge in [0.15, 0.2) is 0 Å². The van der Waals surface area contributed by atoms with Gasteiger partial charge in [0.25, 0.3) is 0 Å². The van der Waals surface area contributed by atoms with Crippen molar-refractivity contribution in [2.45, 2.75) is 13.8 Å². The smallest absolute Gasteiger partial charge is 0.371 e. The van der Waals surface area contributed by atoms with E-state index in [1.807, 2.05) is 26.0 Å². The van der Waals surface area contributed by atoms with Crippen LogP contribution >= 0.6 is 15.9 Å². The third-order valence-corrected chi connectivity index (χ3v) is 3.12. The van der Waals surface area contributed by atoms with E-state index in [1.165, 1.54) is 6.07 Å². The Balaban J connectivity index is 2.56. The van der Waals surface area contributed by atoms with E-state index in [9.17, 15) is 4.79 Å². The molecule has 0 unspecified atom stereocenters. The number of rotatable bonds is 2. The summed E-state index contributed by atoms with van der Waals surface area (Å²) >= 11 is 3.47. The van der Waals surface area contributed by atoms with Gasteiger partial charge >= 0.3 is 5.97 Å². The van der Waals surface area contributed by atoms with Gasteiger partial charge in [-0.15, -0.1) is 0 Å². The van der Waals surface area contributed by atoms with Crippen molar-refractivity contribution in [3.8, 4) is 11.3 Å². The van der Waals surface area contributed by atoms with Crippen LogP contribution in [0.4, 0.5) is 0 Å². The second kappa shape index (κ2) is 4.37. The molecule has 1 aromatic heterocycles. The van der Waals surface area contributed by atoms with Crippen molar-refractivity contribution < 1.29 is 14.3 Å². The van der Waals surface area contributed by atoms with Gasteiger partial charge in [0.2, 0.25) is 5.76 Å². The zero-order valence-electron chi connectivity index (χ0n) is 9.45. The summed E-state index contributed by atoms with van der Waals surface area (Å²) in [7, 11) is 0. The minimum absolute atomic E-state index is 0.0492. The Morgan fingerprint density at radius 3 is 2.53 bits per heavy atom. The predicted octanol–water partition coefficient (Wildman–Crippen LogP) is 4.02. The lowest BCUT2D eigenvalue weighted by Crippen LogP contribution is -1.92. The van der Waals surface area contributed by atoms with Crippen LogP contribution in [-0.4, -0.2) is 11.1 Å². The third kappa shape index (κ3) is 2.26. The van der Waals surface area contributed by atoms with Gasteiger partial charge in [-0.2, -0.15) is 0 Å². The second-order valence-corrected chi connectivity index (χ2v) is 4.76. The van der Waals surface area contributed by atoms with Crippen LogP contribution in [0.3, 0.4) is 0 Å². The highest BCUT2D eigenvalue weighted by Crippen LogP contribution is 2.33. The van der Waals surface area contributed by atoms with E-state index in [2.05, 4.69) is 15.9 Å². The molecule has 17 heavy (non-hydrogen) atoms. The van der Waals surface area contributed by atoms with Crippen LogP contribution in [0.1, 0.15) is 21.7 Å². The second-order valence-electron chi connectivity index (χ2n) is 3.91. The number of carboxylic acid groups (broad SMARTS) is 1. The summed E-state index contributed by atoms with van der Waals surface area (Å²) in [4.78, 5) is 10.8. The average Bonchev–Trinajstić information content (AvgIpc) is 2.65. The van der Waals surface area contributed by atoms with E-state index < -0.39 is 5.97 Å². The van der Waals surface area contributed by atoms with Crippen molar-refractivity contribution >= 4 is 21.9 Å². The van der Waals surface area contributed by atoms with Gasteiger partial charge in [-0.3, -0.25) is 0 Å². The van der Waals surface area contributed by atoms with E-state index in [1.54, 1.807) is 6.07 Å². The summed E-state index contributed by atoms with van der Waals surface area (Å²) in [6.07, 6.45) is 0. The molecule has 0 fully saturated rings. The number of hydrogen-bond donors (Lipinski definition) is 1. The first kappa shape index (κ1) is 11.9. The number of carboxylic acids is 1. The van der Waals surface area contributed by atoms with E-state index >= 15 is 0 Å². The van der Waals surface area contributed by atoms with E-state index in [0.29, 0.717) is 5.76 Å². The Morgan fingerprint density at radius 2 is 2.00 bits per heavy atom. The van der Waals surface area contributed by atoms with Gasteiger partial charge in [-0.05, 0) is 43.2 Å². The molecule has 3 nitrogen and oxygen atoms in total. The molecular weight excluding hydrogens is 284 g/mol. The number of carbonyl (C=O) groups is 1. The van der Waals surface area contributed by atoms with Crippen LogP contribution in [0.15, 0.2) is 33.2 Å². The summed E-state index contributed by atoms with van der Waals surface area (Å²) in [6.45, 7) is 3.97. The fourth-order valence-corrected chi connectivity index (χ4v) is 2.68. The van der Waals surface area contributed by atoms with Gasteiger partial charge in [-0.25, -0.2) is 4.79 Å². The maximum atomic E-state index is 10.8. The van der Waals surface area contributed by atoms with Crippen LogP contribution < -0.4 is 0 Å². The van der Waals surface area contributed by atoms with Gasteiger partial charge in [0.1, 0.15) is 5.76 Å². The highest BCUT2D eigenvalue weighted by atomic mass is 79.9. The highest BCUT2D eigenvalue weighted by Gasteiger charge is 2.14. The lowest BCUT2D eigenvalue weighted by atomic mass is 10.0. The van der Waals surface area contributed by atoms with E-state index in [0.717, 1.165) is 21.2 Å². The lowest BCUT2D eigenvalue weighted by Gasteiger charge is -2.07. The molecule has 1 aromatic carbocycles. The summed E-state index contributed by atoms with van der Waals surface area (Å²) in [5.74, 6) is -0.546. The standard InChI is InChI=1S/C13H11BrO3/c1-7-5-8(2)12(9(14)6-7)10-3-4-11(17-10)13(15)16/h3-6H,1-2H3,(H,15,16). The molecular formula is C13H11BrO3. The molecule has 0 atom stereocenters. The first-order valence-corrected chi connectivity index (χ1v) is 5.88. The maximum absolute atomic E-state index is 10.8. The van der Waals surface area contributed by atoms with Gasteiger partial charge in [0, 0.05) is 10.0 Å². The molecule has 4 heteroatoms. The fraction of sp³-hybridized carbons (Fsp3) is 0.154. The van der Waals surface area contributed by atoms with Crippen molar-refractivity contribution in [1.29, 1.82) is 0 Å². The molecule has 88 valence electrons. The minimum Gasteiger partial charge on any atom is -0.475 e. The Labute approximate surface area is 107 Å². The number of aromatic carboxylic acids is 1. The molecule has 2 aromatic rings. The van der Waals surface area contributed by atoms with Gasteiger partial charge < -0.3 is 9.52 Å². The van der Waals surface area contributed by atoms with Crippen molar-refractivity contribution in [2.75, 3.05) is 0 Å². The first-order chi connectivity index (χ1) is 7.99. The zero-order valence-corrected chi connectivity index (χ0v) is 11.0. The molecule has 0 bridgehead atoms. The molecule has 0 aliphatic heterocycles. The van der Waals surface area contributed by atoms with Crippen LogP contribution in [0.5, 0.6) is 0 Å². The molecule has 0 radical (unpaired) electrons. The predicted molar refractivity (Wildman–Crippen MR) is 68.3 cm³/mol. The molecule has 0 amide bonds. The number of furan rings is 1. The Morgan fingerprint density at radius 1 is 1.29 bits per heavy atom. The molecule has 1 N–H and O–H groups in total. The Bertz CT molecular complexity index is 561. The Kier molecular flexibility index (Phi) is 3.07. The van der Waals surface area contributed by atoms with Crippen LogP contribution in [0, 0.1) is 13.8 Å². The number of benzene rings is 1. The van der Waals surface area contributed by atoms with Gasteiger partial charge in [-0.1, -0.05) is 22.0 Å². The van der Waals surface area contributed by atoms with Crippen LogP contribution in [0.25, 0.3) is 11.3 Å². The maximum Gasteiger partial charge on any atom is 0.371 e. The molecule has 0 spiro atoms. The topological polar surface area (TPSA) is 50.4 Å². The number of hydrogen-bond acceptors (Lipinski definition) is 2. The number of aryl methyl sites for hydroxylation is 2. The van der Waals surface area contributed by atoms with Crippen molar-refractivity contribution in [1.82, 2.24) is 0 Å². The third-order valence-electron chi connectivity index (χ3n) is 2.49. The zero-order chi connectivity index (χ0) is 12.6. The summed E-state index contributed by atoms with van der Waals surface area (Å²) < 4.78 is 6.21.